The van der Waals surface area contributed by atoms with Crippen LogP contribution in [0.3, 0.4) is 0 Å². The van der Waals surface area contributed by atoms with Crippen molar-refractivity contribution in [3.8, 4) is 0 Å². The third-order valence-electron chi connectivity index (χ3n) is 4.80. The summed E-state index contributed by atoms with van der Waals surface area (Å²) in [5.41, 5.74) is 6.57. The lowest BCUT2D eigenvalue weighted by Crippen LogP contribution is -2.58. The highest BCUT2D eigenvalue weighted by Crippen LogP contribution is 2.43. The third kappa shape index (κ3) is 3.91. The van der Waals surface area contributed by atoms with Crippen molar-refractivity contribution in [1.29, 1.82) is 0 Å². The maximum atomic E-state index is 12.6. The summed E-state index contributed by atoms with van der Waals surface area (Å²) < 4.78 is 0.464. The predicted molar refractivity (Wildman–Crippen MR) is 101 cm³/mol. The highest BCUT2D eigenvalue weighted by Gasteiger charge is 2.39. The monoisotopic (exact) mass is 364 g/mol. The van der Waals surface area contributed by atoms with Gasteiger partial charge >= 0.3 is 0 Å². The number of nitrogens with one attached hydrogen (secondary N) is 1. The van der Waals surface area contributed by atoms with E-state index in [0.29, 0.717) is 23.0 Å². The Kier molecular flexibility index (Phi) is 5.76. The number of rotatable bonds is 4. The van der Waals surface area contributed by atoms with E-state index < -0.39 is 11.4 Å². The second-order valence-electron chi connectivity index (χ2n) is 6.51. The minimum atomic E-state index is -0.872. The Morgan fingerprint density at radius 3 is 2.21 bits per heavy atom. The molecule has 1 heterocycles. The van der Waals surface area contributed by atoms with E-state index in [1.54, 1.807) is 0 Å². The fourth-order valence-electron chi connectivity index (χ4n) is 3.35. The first kappa shape index (κ1) is 17.7. The van der Waals surface area contributed by atoms with E-state index in [2.05, 4.69) is 5.32 Å². The van der Waals surface area contributed by atoms with Crippen LogP contribution in [0.2, 0.25) is 0 Å². The Hall–Kier alpha value is -1.14. The molecule has 0 atom stereocenters. The van der Waals surface area contributed by atoms with E-state index in [9.17, 15) is 9.59 Å². The fraction of sp³-hybridized carbons (Fsp3) is 0.556. The largest absolute Gasteiger partial charge is 0.368 e. The van der Waals surface area contributed by atoms with Gasteiger partial charge in [-0.15, -0.1) is 23.5 Å². The number of primary amides is 1. The van der Waals surface area contributed by atoms with Crippen LogP contribution in [0.5, 0.6) is 0 Å². The summed E-state index contributed by atoms with van der Waals surface area (Å²) in [5.74, 6) is 1.77. The van der Waals surface area contributed by atoms with Crippen LogP contribution in [-0.2, 0) is 4.79 Å². The summed E-state index contributed by atoms with van der Waals surface area (Å²) in [4.78, 5) is 24.5. The molecule has 1 aromatic rings. The van der Waals surface area contributed by atoms with E-state index in [1.165, 1.54) is 23.5 Å². The molecule has 2 fully saturated rings. The Labute approximate surface area is 151 Å². The molecule has 4 nitrogen and oxygen atoms in total. The highest BCUT2D eigenvalue weighted by molar-refractivity contribution is 8.16. The van der Waals surface area contributed by atoms with Gasteiger partial charge in [0.25, 0.3) is 5.91 Å². The lowest BCUT2D eigenvalue weighted by Gasteiger charge is -2.35. The molecule has 1 aliphatic carbocycles. The summed E-state index contributed by atoms with van der Waals surface area (Å²) >= 11 is 3.93. The van der Waals surface area contributed by atoms with E-state index in [-0.39, 0.29) is 5.91 Å². The molecule has 0 bridgehead atoms. The van der Waals surface area contributed by atoms with E-state index in [4.69, 9.17) is 5.73 Å². The number of thioether (sulfide) groups is 2. The molecule has 24 heavy (non-hydrogen) atoms. The van der Waals surface area contributed by atoms with Gasteiger partial charge in [-0.05, 0) is 48.5 Å². The molecule has 0 aromatic heterocycles. The molecule has 1 saturated carbocycles. The number of nitrogens with two attached hydrogens (primary N) is 1. The summed E-state index contributed by atoms with van der Waals surface area (Å²) in [6, 6.07) is 7.78. The Balaban J connectivity index is 1.69. The first-order valence-electron chi connectivity index (χ1n) is 8.56. The first-order chi connectivity index (χ1) is 11.6. The van der Waals surface area contributed by atoms with Gasteiger partial charge in [0.1, 0.15) is 5.54 Å². The molecule has 1 aromatic carbocycles. The lowest BCUT2D eigenvalue weighted by atomic mass is 9.81. The fourth-order valence-corrected chi connectivity index (χ4v) is 6.24. The minimum Gasteiger partial charge on any atom is -0.368 e. The molecule has 2 amide bonds. The van der Waals surface area contributed by atoms with Crippen molar-refractivity contribution in [2.75, 3.05) is 11.5 Å². The molecule has 0 spiro atoms. The number of amides is 2. The van der Waals surface area contributed by atoms with Crippen LogP contribution in [-0.4, -0.2) is 28.9 Å². The van der Waals surface area contributed by atoms with Crippen LogP contribution >= 0.6 is 23.5 Å². The van der Waals surface area contributed by atoms with Crippen LogP contribution in [0.25, 0.3) is 0 Å². The van der Waals surface area contributed by atoms with Crippen molar-refractivity contribution in [1.82, 2.24) is 5.32 Å². The number of hydrogen-bond acceptors (Lipinski definition) is 4. The average Bonchev–Trinajstić information content (AvgIpc) is 2.63. The van der Waals surface area contributed by atoms with Gasteiger partial charge in [-0.2, -0.15) is 0 Å². The van der Waals surface area contributed by atoms with Crippen LogP contribution < -0.4 is 11.1 Å². The van der Waals surface area contributed by atoms with Gasteiger partial charge in [0.2, 0.25) is 5.91 Å². The van der Waals surface area contributed by atoms with Crippen molar-refractivity contribution >= 4 is 35.3 Å². The van der Waals surface area contributed by atoms with Crippen LogP contribution in [0.15, 0.2) is 24.3 Å². The van der Waals surface area contributed by atoms with E-state index in [0.717, 1.165) is 19.3 Å². The maximum Gasteiger partial charge on any atom is 0.252 e. The summed E-state index contributed by atoms with van der Waals surface area (Å²) in [5, 5.41) is 2.92. The number of carbonyl (C=O) groups excluding carboxylic acids is 2. The van der Waals surface area contributed by atoms with Gasteiger partial charge in [0, 0.05) is 5.56 Å². The minimum absolute atomic E-state index is 0.203. The molecule has 1 saturated heterocycles. The summed E-state index contributed by atoms with van der Waals surface area (Å²) in [6.45, 7) is 0. The van der Waals surface area contributed by atoms with Crippen molar-refractivity contribution in [2.24, 2.45) is 5.73 Å². The third-order valence-corrected chi connectivity index (χ3v) is 7.82. The Morgan fingerprint density at radius 2 is 1.62 bits per heavy atom. The molecular formula is C18H24N2O2S2. The lowest BCUT2D eigenvalue weighted by molar-refractivity contribution is -0.125. The number of carbonyl (C=O) groups is 2. The smallest absolute Gasteiger partial charge is 0.252 e. The van der Waals surface area contributed by atoms with Gasteiger partial charge in [0.15, 0.2) is 0 Å². The summed E-state index contributed by atoms with van der Waals surface area (Å²) in [6.07, 6.45) is 5.50. The van der Waals surface area contributed by atoms with Crippen molar-refractivity contribution < 1.29 is 9.59 Å². The van der Waals surface area contributed by atoms with E-state index >= 15 is 0 Å². The molecule has 1 aliphatic heterocycles. The second kappa shape index (κ2) is 7.83. The highest BCUT2D eigenvalue weighted by atomic mass is 32.2. The van der Waals surface area contributed by atoms with E-state index in [1.807, 2.05) is 47.8 Å². The predicted octanol–water partition coefficient (Wildman–Crippen LogP) is 3.47. The van der Waals surface area contributed by atoms with Crippen LogP contribution in [0, 0.1) is 0 Å². The van der Waals surface area contributed by atoms with Crippen molar-refractivity contribution in [3.05, 3.63) is 35.4 Å². The molecule has 3 rings (SSSR count). The van der Waals surface area contributed by atoms with Gasteiger partial charge < -0.3 is 11.1 Å². The van der Waals surface area contributed by atoms with Gasteiger partial charge in [-0.3, -0.25) is 9.59 Å². The Morgan fingerprint density at radius 1 is 1.00 bits per heavy atom. The average molecular weight is 365 g/mol. The second-order valence-corrected chi connectivity index (χ2v) is 9.23. The van der Waals surface area contributed by atoms with Crippen molar-refractivity contribution in [2.45, 2.75) is 48.6 Å². The van der Waals surface area contributed by atoms with Gasteiger partial charge in [-0.25, -0.2) is 0 Å². The zero-order chi connectivity index (χ0) is 17.0. The zero-order valence-electron chi connectivity index (χ0n) is 13.8. The topological polar surface area (TPSA) is 72.2 Å². The first-order valence-corrected chi connectivity index (χ1v) is 10.7. The molecule has 2 aliphatic rings. The number of benzene rings is 1. The number of hydrogen-bond donors (Lipinski definition) is 2. The SMILES string of the molecule is NC(=O)C1(NC(=O)c2ccc(C3SCCCS3)cc2)CCCCC1. The van der Waals surface area contributed by atoms with Crippen LogP contribution in [0.1, 0.15) is 59.0 Å². The van der Waals surface area contributed by atoms with Gasteiger partial charge in [0.05, 0.1) is 4.58 Å². The maximum absolute atomic E-state index is 12.6. The molecule has 0 unspecified atom stereocenters. The van der Waals surface area contributed by atoms with Crippen LogP contribution in [0.4, 0.5) is 0 Å². The molecule has 6 heteroatoms. The quantitative estimate of drug-likeness (QED) is 0.858. The Bertz CT molecular complexity index is 592. The zero-order valence-corrected chi connectivity index (χ0v) is 15.4. The standard InChI is InChI=1S/C18H24N2O2S2/c19-17(22)18(9-2-1-3-10-18)20-15(21)13-5-7-14(8-6-13)16-23-11-4-12-24-16/h5-8,16H,1-4,9-12H2,(H2,19,22)(H,20,21). The molecule has 130 valence electrons. The summed E-state index contributed by atoms with van der Waals surface area (Å²) in [7, 11) is 0. The normalized spacial score (nSPS) is 21.2. The van der Waals surface area contributed by atoms with Gasteiger partial charge in [-0.1, -0.05) is 31.4 Å². The van der Waals surface area contributed by atoms with Crippen molar-refractivity contribution in [3.63, 3.8) is 0 Å². The molecule has 3 N–H and O–H groups in total. The molecular weight excluding hydrogens is 340 g/mol. The molecule has 0 radical (unpaired) electrons.